The van der Waals surface area contributed by atoms with E-state index in [0.717, 1.165) is 21.4 Å². The van der Waals surface area contributed by atoms with Crippen molar-refractivity contribution in [1.82, 2.24) is 4.72 Å². The molecule has 0 saturated heterocycles. The van der Waals surface area contributed by atoms with Gasteiger partial charge in [-0.2, -0.15) is 0 Å². The topological polar surface area (TPSA) is 66.4 Å². The van der Waals surface area contributed by atoms with Crippen LogP contribution in [0.2, 0.25) is 0 Å². The van der Waals surface area contributed by atoms with Crippen molar-refractivity contribution >= 4 is 37.3 Å². The number of benzene rings is 1. The van der Waals surface area contributed by atoms with Crippen LogP contribution in [-0.4, -0.2) is 13.5 Å². The number of aliphatic hydroxyl groups excluding tert-OH is 1. The molecule has 1 heterocycles. The first-order chi connectivity index (χ1) is 9.03. The Hall–Kier alpha value is -0.730. The Balaban J connectivity index is 2.12. The second-order valence-corrected chi connectivity index (χ2v) is 7.61. The molecule has 1 aromatic heterocycles. The number of nitrogens with one attached hydrogen (secondary N) is 1. The predicted octanol–water partition coefficient (Wildman–Crippen LogP) is 2.48. The molecule has 0 spiro atoms. The van der Waals surface area contributed by atoms with E-state index >= 15 is 0 Å². The largest absolute Gasteiger partial charge is 0.392 e. The van der Waals surface area contributed by atoms with Crippen LogP contribution < -0.4 is 4.72 Å². The summed E-state index contributed by atoms with van der Waals surface area (Å²) in [5.41, 5.74) is 1.47. The third-order valence-electron chi connectivity index (χ3n) is 2.49. The molecule has 0 amide bonds. The van der Waals surface area contributed by atoms with E-state index < -0.39 is 10.0 Å². The fraction of sp³-hybridized carbons (Fsp3) is 0.167. The lowest BCUT2D eigenvalue weighted by atomic mass is 10.2. The van der Waals surface area contributed by atoms with Gasteiger partial charge in [0.1, 0.15) is 4.21 Å². The highest BCUT2D eigenvalue weighted by atomic mass is 79.9. The van der Waals surface area contributed by atoms with E-state index in [4.69, 9.17) is 5.11 Å². The maximum atomic E-state index is 12.0. The molecule has 0 saturated carbocycles. The van der Waals surface area contributed by atoms with Crippen LogP contribution >= 0.6 is 27.3 Å². The number of halogens is 1. The van der Waals surface area contributed by atoms with Gasteiger partial charge in [-0.25, -0.2) is 13.1 Å². The minimum absolute atomic E-state index is 0.156. The number of hydrogen-bond acceptors (Lipinski definition) is 4. The molecule has 2 aromatic rings. The molecule has 0 aliphatic carbocycles. The van der Waals surface area contributed by atoms with Crippen molar-refractivity contribution < 1.29 is 13.5 Å². The first-order valence-corrected chi connectivity index (χ1v) is 8.60. The molecule has 0 bridgehead atoms. The number of sulfonamides is 1. The summed E-state index contributed by atoms with van der Waals surface area (Å²) in [7, 11) is -3.53. The Labute approximate surface area is 124 Å². The van der Waals surface area contributed by atoms with Gasteiger partial charge < -0.3 is 5.11 Å². The number of thiophene rings is 1. The Kier molecular flexibility index (Phi) is 4.75. The maximum absolute atomic E-state index is 12.0. The molecular formula is C12H12BrNO3S2. The molecule has 4 nitrogen and oxygen atoms in total. The summed E-state index contributed by atoms with van der Waals surface area (Å²) in [5, 5.41) is 10.6. The highest BCUT2D eigenvalue weighted by molar-refractivity contribution is 9.10. The summed E-state index contributed by atoms with van der Waals surface area (Å²) in [6.45, 7) is 0.0619. The van der Waals surface area contributed by atoms with Crippen LogP contribution in [0.15, 0.2) is 44.4 Å². The monoisotopic (exact) mass is 361 g/mol. The van der Waals surface area contributed by atoms with Gasteiger partial charge in [0.15, 0.2) is 0 Å². The SMILES string of the molecule is O=S(=O)(NCc1ccccc1Br)c1cc(CO)cs1. The zero-order valence-electron chi connectivity index (χ0n) is 9.84. The number of rotatable bonds is 5. The van der Waals surface area contributed by atoms with Crippen LogP contribution in [0, 0.1) is 0 Å². The van der Waals surface area contributed by atoms with Crippen LogP contribution in [0.5, 0.6) is 0 Å². The highest BCUT2D eigenvalue weighted by Gasteiger charge is 2.16. The molecule has 0 unspecified atom stereocenters. The number of aliphatic hydroxyl groups is 1. The van der Waals surface area contributed by atoms with Gasteiger partial charge in [0, 0.05) is 11.0 Å². The van der Waals surface area contributed by atoms with Gasteiger partial charge in [-0.3, -0.25) is 0 Å². The minimum atomic E-state index is -3.53. The fourth-order valence-electron chi connectivity index (χ4n) is 1.46. The lowest BCUT2D eigenvalue weighted by Gasteiger charge is -2.06. The van der Waals surface area contributed by atoms with Crippen molar-refractivity contribution in [3.8, 4) is 0 Å². The lowest BCUT2D eigenvalue weighted by Crippen LogP contribution is -2.22. The van der Waals surface area contributed by atoms with Crippen LogP contribution in [0.3, 0.4) is 0 Å². The zero-order chi connectivity index (χ0) is 13.9. The standard InChI is InChI=1S/C12H12BrNO3S2/c13-11-4-2-1-3-10(11)6-14-19(16,17)12-5-9(7-15)8-18-12/h1-5,8,14-15H,6-7H2. The zero-order valence-corrected chi connectivity index (χ0v) is 13.1. The maximum Gasteiger partial charge on any atom is 0.250 e. The van der Waals surface area contributed by atoms with E-state index in [1.807, 2.05) is 24.3 Å². The molecule has 1 aromatic carbocycles. The van der Waals surface area contributed by atoms with E-state index in [2.05, 4.69) is 20.7 Å². The average molecular weight is 362 g/mol. The molecule has 7 heteroatoms. The van der Waals surface area contributed by atoms with Crippen LogP contribution in [-0.2, 0) is 23.2 Å². The van der Waals surface area contributed by atoms with Crippen molar-refractivity contribution in [2.24, 2.45) is 0 Å². The molecule has 0 atom stereocenters. The van der Waals surface area contributed by atoms with E-state index in [1.165, 1.54) is 6.07 Å². The normalized spacial score (nSPS) is 11.7. The second-order valence-electron chi connectivity index (χ2n) is 3.85. The van der Waals surface area contributed by atoms with Gasteiger partial charge in [0.25, 0.3) is 0 Å². The van der Waals surface area contributed by atoms with Gasteiger partial charge in [0.05, 0.1) is 6.61 Å². The Bertz CT molecular complexity index is 667. The van der Waals surface area contributed by atoms with Crippen molar-refractivity contribution in [3.05, 3.63) is 51.3 Å². The van der Waals surface area contributed by atoms with E-state index in [0.29, 0.717) is 5.56 Å². The first kappa shape index (κ1) is 14.7. The summed E-state index contributed by atoms with van der Waals surface area (Å²) in [5.74, 6) is 0. The third-order valence-corrected chi connectivity index (χ3v) is 6.15. The van der Waals surface area contributed by atoms with Gasteiger partial charge in [-0.15, -0.1) is 11.3 Å². The second kappa shape index (κ2) is 6.15. The Morgan fingerprint density at radius 1 is 1.32 bits per heavy atom. The summed E-state index contributed by atoms with van der Waals surface area (Å²) in [4.78, 5) is 0. The average Bonchev–Trinajstić information content (AvgIpc) is 2.87. The summed E-state index contributed by atoms with van der Waals surface area (Å²) < 4.78 is 27.7. The van der Waals surface area contributed by atoms with E-state index in [1.54, 1.807) is 5.38 Å². The van der Waals surface area contributed by atoms with E-state index in [-0.39, 0.29) is 17.4 Å². The van der Waals surface area contributed by atoms with Gasteiger partial charge in [-0.05, 0) is 28.6 Å². The van der Waals surface area contributed by atoms with Crippen molar-refractivity contribution in [2.45, 2.75) is 17.4 Å². The first-order valence-electron chi connectivity index (χ1n) is 5.44. The van der Waals surface area contributed by atoms with E-state index in [9.17, 15) is 8.42 Å². The quantitative estimate of drug-likeness (QED) is 0.859. The third kappa shape index (κ3) is 3.64. The molecule has 0 aliphatic heterocycles. The predicted molar refractivity (Wildman–Crippen MR) is 78.4 cm³/mol. The molecule has 2 N–H and O–H groups in total. The number of hydrogen-bond donors (Lipinski definition) is 2. The molecular weight excluding hydrogens is 350 g/mol. The smallest absolute Gasteiger partial charge is 0.250 e. The molecule has 0 fully saturated rings. The molecule has 102 valence electrons. The molecule has 0 aliphatic rings. The van der Waals surface area contributed by atoms with Gasteiger partial charge in [-0.1, -0.05) is 34.1 Å². The summed E-state index contributed by atoms with van der Waals surface area (Å²) in [6.07, 6.45) is 0. The summed E-state index contributed by atoms with van der Waals surface area (Å²) in [6, 6.07) is 8.91. The van der Waals surface area contributed by atoms with Crippen molar-refractivity contribution in [2.75, 3.05) is 0 Å². The van der Waals surface area contributed by atoms with Crippen molar-refractivity contribution in [1.29, 1.82) is 0 Å². The lowest BCUT2D eigenvalue weighted by molar-refractivity contribution is 0.282. The van der Waals surface area contributed by atoms with Crippen LogP contribution in [0.25, 0.3) is 0 Å². The fourth-order valence-corrected chi connectivity index (χ4v) is 4.14. The van der Waals surface area contributed by atoms with Crippen molar-refractivity contribution in [3.63, 3.8) is 0 Å². The highest BCUT2D eigenvalue weighted by Crippen LogP contribution is 2.21. The summed E-state index contributed by atoms with van der Waals surface area (Å²) >= 11 is 4.47. The Morgan fingerprint density at radius 2 is 2.05 bits per heavy atom. The van der Waals surface area contributed by atoms with Gasteiger partial charge >= 0.3 is 0 Å². The molecule has 19 heavy (non-hydrogen) atoms. The van der Waals surface area contributed by atoms with Crippen LogP contribution in [0.1, 0.15) is 11.1 Å². The Morgan fingerprint density at radius 3 is 2.68 bits per heavy atom. The van der Waals surface area contributed by atoms with Crippen LogP contribution in [0.4, 0.5) is 0 Å². The van der Waals surface area contributed by atoms with Gasteiger partial charge in [0.2, 0.25) is 10.0 Å². The molecule has 2 rings (SSSR count). The minimum Gasteiger partial charge on any atom is -0.392 e. The molecule has 0 radical (unpaired) electrons.